The Balaban J connectivity index is 2.33. The van der Waals surface area contributed by atoms with E-state index < -0.39 is 5.97 Å². The van der Waals surface area contributed by atoms with E-state index in [1.165, 1.54) is 11.6 Å². The van der Waals surface area contributed by atoms with E-state index in [-0.39, 0.29) is 16.9 Å². The van der Waals surface area contributed by atoms with Gasteiger partial charge in [-0.1, -0.05) is 63.2 Å². The summed E-state index contributed by atoms with van der Waals surface area (Å²) in [5.41, 5.74) is 1.94. The van der Waals surface area contributed by atoms with Crippen LogP contribution >= 0.6 is 0 Å². The van der Waals surface area contributed by atoms with Crippen molar-refractivity contribution in [2.24, 2.45) is 5.92 Å². The third kappa shape index (κ3) is 3.25. The molecular formula is C19H20O3. The highest BCUT2D eigenvalue weighted by molar-refractivity contribution is 6.14. The van der Waals surface area contributed by atoms with Crippen LogP contribution in [-0.4, -0.2) is 16.9 Å². The Morgan fingerprint density at radius 3 is 1.91 bits per heavy atom. The summed E-state index contributed by atoms with van der Waals surface area (Å²) in [6, 6.07) is 13.7. The molecule has 2 aromatic rings. The molecule has 2 aromatic carbocycles. The van der Waals surface area contributed by atoms with Gasteiger partial charge in [0.2, 0.25) is 0 Å². The summed E-state index contributed by atoms with van der Waals surface area (Å²) >= 11 is 0. The van der Waals surface area contributed by atoms with Crippen LogP contribution in [0.2, 0.25) is 0 Å². The van der Waals surface area contributed by atoms with Crippen molar-refractivity contribution in [1.82, 2.24) is 0 Å². The molecule has 1 atom stereocenters. The first-order valence-electron chi connectivity index (χ1n) is 7.38. The molecule has 114 valence electrons. The third-order valence-corrected chi connectivity index (χ3v) is 4.10. The Labute approximate surface area is 130 Å². The molecule has 0 heterocycles. The molecule has 3 heteroatoms. The molecule has 0 fully saturated rings. The minimum atomic E-state index is -1.09. The van der Waals surface area contributed by atoms with Crippen molar-refractivity contribution < 1.29 is 14.7 Å². The van der Waals surface area contributed by atoms with Crippen molar-refractivity contribution in [2.75, 3.05) is 0 Å². The number of ketones is 1. The summed E-state index contributed by atoms with van der Waals surface area (Å²) in [5.74, 6) is -0.416. The van der Waals surface area contributed by atoms with Gasteiger partial charge in [0.15, 0.2) is 5.78 Å². The molecule has 3 nitrogen and oxygen atoms in total. The van der Waals surface area contributed by atoms with Crippen LogP contribution in [-0.2, 0) is 0 Å². The highest BCUT2D eigenvalue weighted by atomic mass is 16.4. The summed E-state index contributed by atoms with van der Waals surface area (Å²) in [7, 11) is 0. The lowest BCUT2D eigenvalue weighted by molar-refractivity contribution is 0.0693. The number of hydrogen-bond acceptors (Lipinski definition) is 2. The number of rotatable bonds is 5. The number of carbonyl (C=O) groups is 2. The quantitative estimate of drug-likeness (QED) is 0.833. The number of hydrogen-bond donors (Lipinski definition) is 1. The van der Waals surface area contributed by atoms with E-state index in [1.54, 1.807) is 30.3 Å². The highest BCUT2D eigenvalue weighted by Gasteiger charge is 2.18. The van der Waals surface area contributed by atoms with Crippen molar-refractivity contribution in [2.45, 2.75) is 26.7 Å². The summed E-state index contributed by atoms with van der Waals surface area (Å²) in [4.78, 5) is 23.7. The molecule has 0 spiro atoms. The third-order valence-electron chi connectivity index (χ3n) is 4.10. The van der Waals surface area contributed by atoms with Gasteiger partial charge >= 0.3 is 5.97 Å². The first-order valence-corrected chi connectivity index (χ1v) is 7.38. The van der Waals surface area contributed by atoms with Crippen LogP contribution in [0.4, 0.5) is 0 Å². The maximum atomic E-state index is 12.5. The average molecular weight is 296 g/mol. The van der Waals surface area contributed by atoms with E-state index in [0.29, 0.717) is 17.4 Å². The number of aromatic carboxylic acids is 1. The van der Waals surface area contributed by atoms with Gasteiger partial charge in [-0.2, -0.15) is 0 Å². The monoisotopic (exact) mass is 296 g/mol. The topological polar surface area (TPSA) is 54.4 Å². The molecule has 1 unspecified atom stereocenters. The number of carbonyl (C=O) groups excluding carboxylic acids is 1. The van der Waals surface area contributed by atoms with Crippen LogP contribution < -0.4 is 0 Å². The Bertz CT molecular complexity index is 684. The first kappa shape index (κ1) is 16.0. The fraction of sp³-hybridized carbons (Fsp3) is 0.263. The largest absolute Gasteiger partial charge is 0.478 e. The Morgan fingerprint density at radius 1 is 0.864 bits per heavy atom. The zero-order chi connectivity index (χ0) is 16.3. The van der Waals surface area contributed by atoms with Gasteiger partial charge in [0, 0.05) is 11.1 Å². The van der Waals surface area contributed by atoms with E-state index in [0.717, 1.165) is 0 Å². The van der Waals surface area contributed by atoms with Gasteiger partial charge in [-0.25, -0.2) is 4.79 Å². The molecule has 22 heavy (non-hydrogen) atoms. The van der Waals surface area contributed by atoms with Gasteiger partial charge < -0.3 is 5.11 Å². The molecule has 2 rings (SSSR count). The normalized spacial score (nSPS) is 12.2. The molecule has 0 radical (unpaired) electrons. The van der Waals surface area contributed by atoms with E-state index >= 15 is 0 Å². The standard InChI is InChI=1S/C19H20O3/c1-12(2)13(3)14-8-10-15(11-9-14)18(20)16-6-4-5-7-17(16)19(21)22/h4-13H,1-3H3,(H,21,22). The second-order valence-corrected chi connectivity index (χ2v) is 5.83. The average Bonchev–Trinajstić information content (AvgIpc) is 2.53. The minimum absolute atomic E-state index is 0.0344. The van der Waals surface area contributed by atoms with Crippen molar-refractivity contribution in [1.29, 1.82) is 0 Å². The SMILES string of the molecule is CC(C)C(C)c1ccc(C(=O)c2ccccc2C(=O)O)cc1. The van der Waals surface area contributed by atoms with E-state index in [2.05, 4.69) is 20.8 Å². The zero-order valence-electron chi connectivity index (χ0n) is 13.0. The van der Waals surface area contributed by atoms with E-state index in [9.17, 15) is 14.7 Å². The fourth-order valence-corrected chi connectivity index (χ4v) is 2.35. The van der Waals surface area contributed by atoms with Crippen molar-refractivity contribution >= 4 is 11.8 Å². The second-order valence-electron chi connectivity index (χ2n) is 5.83. The number of carboxylic acids is 1. The van der Waals surface area contributed by atoms with Crippen LogP contribution in [0.25, 0.3) is 0 Å². The van der Waals surface area contributed by atoms with Gasteiger partial charge in [-0.05, 0) is 23.5 Å². The van der Waals surface area contributed by atoms with Crippen LogP contribution in [0.1, 0.15) is 58.5 Å². The number of carboxylic acid groups (broad SMARTS) is 1. The summed E-state index contributed by atoms with van der Waals surface area (Å²) < 4.78 is 0. The van der Waals surface area contributed by atoms with Crippen LogP contribution in [0, 0.1) is 5.92 Å². The molecule has 0 aliphatic heterocycles. The second kappa shape index (κ2) is 6.56. The van der Waals surface area contributed by atoms with E-state index in [1.807, 2.05) is 12.1 Å². The predicted octanol–water partition coefficient (Wildman–Crippen LogP) is 4.38. The zero-order valence-corrected chi connectivity index (χ0v) is 13.0. The Morgan fingerprint density at radius 2 is 1.41 bits per heavy atom. The van der Waals surface area contributed by atoms with Crippen LogP contribution in [0.5, 0.6) is 0 Å². The highest BCUT2D eigenvalue weighted by Crippen LogP contribution is 2.24. The maximum Gasteiger partial charge on any atom is 0.336 e. The van der Waals surface area contributed by atoms with Crippen molar-refractivity contribution in [3.63, 3.8) is 0 Å². The summed E-state index contributed by atoms with van der Waals surface area (Å²) in [6.45, 7) is 6.47. The lowest BCUT2D eigenvalue weighted by atomic mass is 9.89. The predicted molar refractivity (Wildman–Crippen MR) is 86.5 cm³/mol. The molecule has 1 N–H and O–H groups in total. The summed E-state index contributed by atoms with van der Waals surface area (Å²) in [6.07, 6.45) is 0. The van der Waals surface area contributed by atoms with E-state index in [4.69, 9.17) is 0 Å². The van der Waals surface area contributed by atoms with Gasteiger partial charge in [0.25, 0.3) is 0 Å². The molecule has 0 aromatic heterocycles. The first-order chi connectivity index (χ1) is 10.4. The smallest absolute Gasteiger partial charge is 0.336 e. The molecule has 0 amide bonds. The molecule has 0 saturated heterocycles. The van der Waals surface area contributed by atoms with Gasteiger partial charge in [0.05, 0.1) is 5.56 Å². The lowest BCUT2D eigenvalue weighted by Gasteiger charge is -2.16. The molecule has 0 bridgehead atoms. The van der Waals surface area contributed by atoms with Crippen molar-refractivity contribution in [3.05, 3.63) is 70.8 Å². The minimum Gasteiger partial charge on any atom is -0.478 e. The maximum absolute atomic E-state index is 12.5. The Kier molecular flexibility index (Phi) is 4.76. The molecular weight excluding hydrogens is 276 g/mol. The van der Waals surface area contributed by atoms with Gasteiger partial charge in [-0.3, -0.25) is 4.79 Å². The summed E-state index contributed by atoms with van der Waals surface area (Å²) in [5, 5.41) is 9.19. The molecule has 0 aliphatic rings. The van der Waals surface area contributed by atoms with Gasteiger partial charge in [-0.15, -0.1) is 0 Å². The number of benzene rings is 2. The fourth-order valence-electron chi connectivity index (χ4n) is 2.35. The lowest BCUT2D eigenvalue weighted by Crippen LogP contribution is -2.10. The van der Waals surface area contributed by atoms with Crippen LogP contribution in [0.3, 0.4) is 0 Å². The molecule has 0 saturated carbocycles. The van der Waals surface area contributed by atoms with Crippen molar-refractivity contribution in [3.8, 4) is 0 Å². The Hall–Kier alpha value is -2.42. The van der Waals surface area contributed by atoms with Crippen LogP contribution in [0.15, 0.2) is 48.5 Å². The molecule has 0 aliphatic carbocycles. The van der Waals surface area contributed by atoms with Gasteiger partial charge in [0.1, 0.15) is 0 Å².